The third-order valence-corrected chi connectivity index (χ3v) is 5.31. The Morgan fingerprint density at radius 3 is 2.64 bits per heavy atom. The Labute approximate surface area is 167 Å². The lowest BCUT2D eigenvalue weighted by Gasteiger charge is -2.21. The summed E-state index contributed by atoms with van der Waals surface area (Å²) in [6.07, 6.45) is 4.63. The number of benzene rings is 1. The lowest BCUT2D eigenvalue weighted by atomic mass is 10.1. The summed E-state index contributed by atoms with van der Waals surface area (Å²) in [5.41, 5.74) is 1.85. The highest BCUT2D eigenvalue weighted by molar-refractivity contribution is 5.94. The number of nitrogens with one attached hydrogen (secondary N) is 1. The summed E-state index contributed by atoms with van der Waals surface area (Å²) in [5.74, 6) is 1.74. The molecule has 0 bridgehead atoms. The maximum Gasteiger partial charge on any atom is 0.252 e. The second-order valence-corrected chi connectivity index (χ2v) is 7.46. The molecular formula is C22H30N4O2. The zero-order valence-electron chi connectivity index (χ0n) is 17.0. The fraction of sp³-hybridized carbons (Fsp3) is 0.455. The molecule has 1 fully saturated rings. The standard InChI is InChI=1S/C22H30N4O2/c1-25(2)19-12-14-26(16-19)21-11-8-18(15-24-21)22(27)23-13-4-5-17-6-9-20(28-3)10-7-17/h6-11,15,19H,4-5,12-14,16H2,1-3H3,(H,23,27)/t19-/m0/s1. The van der Waals surface area contributed by atoms with Crippen LogP contribution in [0.5, 0.6) is 5.75 Å². The lowest BCUT2D eigenvalue weighted by Crippen LogP contribution is -2.31. The summed E-state index contributed by atoms with van der Waals surface area (Å²) in [4.78, 5) is 21.4. The molecular weight excluding hydrogens is 352 g/mol. The molecule has 3 rings (SSSR count). The predicted octanol–water partition coefficient (Wildman–Crippen LogP) is 2.59. The molecule has 0 aliphatic carbocycles. The van der Waals surface area contributed by atoms with Crippen molar-refractivity contribution in [1.82, 2.24) is 15.2 Å². The van der Waals surface area contributed by atoms with E-state index in [1.807, 2.05) is 24.3 Å². The Hall–Kier alpha value is -2.60. The molecule has 6 heteroatoms. The fourth-order valence-electron chi connectivity index (χ4n) is 3.47. The first-order valence-electron chi connectivity index (χ1n) is 9.85. The summed E-state index contributed by atoms with van der Waals surface area (Å²) in [6.45, 7) is 2.63. The Kier molecular flexibility index (Phi) is 6.87. The van der Waals surface area contributed by atoms with E-state index in [0.29, 0.717) is 18.2 Å². The van der Waals surface area contributed by atoms with Crippen LogP contribution < -0.4 is 15.0 Å². The third-order valence-electron chi connectivity index (χ3n) is 5.31. The Balaban J connectivity index is 1.43. The van der Waals surface area contributed by atoms with Crippen LogP contribution in [0.4, 0.5) is 5.82 Å². The highest BCUT2D eigenvalue weighted by atomic mass is 16.5. The molecule has 1 aromatic carbocycles. The van der Waals surface area contributed by atoms with Gasteiger partial charge in [-0.1, -0.05) is 12.1 Å². The van der Waals surface area contributed by atoms with Gasteiger partial charge in [0.15, 0.2) is 0 Å². The van der Waals surface area contributed by atoms with Gasteiger partial charge in [0.05, 0.1) is 12.7 Å². The second kappa shape index (κ2) is 9.55. The minimum Gasteiger partial charge on any atom is -0.497 e. The van der Waals surface area contributed by atoms with Crippen molar-refractivity contribution in [3.05, 3.63) is 53.7 Å². The van der Waals surface area contributed by atoms with E-state index in [0.717, 1.165) is 43.9 Å². The monoisotopic (exact) mass is 382 g/mol. The quantitative estimate of drug-likeness (QED) is 0.711. The van der Waals surface area contributed by atoms with Crippen molar-refractivity contribution in [2.24, 2.45) is 0 Å². The summed E-state index contributed by atoms with van der Waals surface area (Å²) in [5, 5.41) is 2.98. The van der Waals surface area contributed by atoms with Crippen LogP contribution >= 0.6 is 0 Å². The number of amides is 1. The van der Waals surface area contributed by atoms with E-state index in [4.69, 9.17) is 4.74 Å². The van der Waals surface area contributed by atoms with Crippen LogP contribution in [0.2, 0.25) is 0 Å². The number of carbonyl (C=O) groups excluding carboxylic acids is 1. The number of hydrogen-bond donors (Lipinski definition) is 1. The fourth-order valence-corrected chi connectivity index (χ4v) is 3.47. The molecule has 1 aliphatic heterocycles. The van der Waals surface area contributed by atoms with Crippen molar-refractivity contribution in [2.45, 2.75) is 25.3 Å². The molecule has 1 amide bonds. The molecule has 0 spiro atoms. The van der Waals surface area contributed by atoms with Crippen LogP contribution in [0.1, 0.15) is 28.8 Å². The van der Waals surface area contributed by atoms with Crippen LogP contribution in [0.3, 0.4) is 0 Å². The Morgan fingerprint density at radius 1 is 1.25 bits per heavy atom. The van der Waals surface area contributed by atoms with Gasteiger partial charge in [-0.3, -0.25) is 4.79 Å². The van der Waals surface area contributed by atoms with Crippen LogP contribution in [-0.4, -0.2) is 62.7 Å². The molecule has 2 heterocycles. The number of aryl methyl sites for hydroxylation is 1. The molecule has 1 aliphatic rings. The zero-order valence-corrected chi connectivity index (χ0v) is 17.0. The predicted molar refractivity (Wildman–Crippen MR) is 112 cm³/mol. The smallest absolute Gasteiger partial charge is 0.252 e. The molecule has 2 aromatic rings. The first kappa shape index (κ1) is 20.1. The lowest BCUT2D eigenvalue weighted by molar-refractivity contribution is 0.0953. The highest BCUT2D eigenvalue weighted by Crippen LogP contribution is 2.20. The van der Waals surface area contributed by atoms with Crippen LogP contribution in [0.15, 0.2) is 42.6 Å². The molecule has 150 valence electrons. The van der Waals surface area contributed by atoms with Crippen molar-refractivity contribution >= 4 is 11.7 Å². The van der Waals surface area contributed by atoms with Crippen molar-refractivity contribution in [3.63, 3.8) is 0 Å². The molecule has 1 N–H and O–H groups in total. The number of anilines is 1. The van der Waals surface area contributed by atoms with Crippen molar-refractivity contribution in [3.8, 4) is 5.75 Å². The Bertz CT molecular complexity index is 759. The molecule has 0 radical (unpaired) electrons. The maximum atomic E-state index is 12.3. The van der Waals surface area contributed by atoms with E-state index in [1.54, 1.807) is 13.3 Å². The SMILES string of the molecule is COc1ccc(CCCNC(=O)c2ccc(N3CC[C@H](N(C)C)C3)nc2)cc1. The van der Waals surface area contributed by atoms with Gasteiger partial charge in [-0.15, -0.1) is 0 Å². The summed E-state index contributed by atoms with van der Waals surface area (Å²) < 4.78 is 5.16. The van der Waals surface area contributed by atoms with Gasteiger partial charge < -0.3 is 19.9 Å². The normalized spacial score (nSPS) is 16.4. The van der Waals surface area contributed by atoms with Gasteiger partial charge in [0.25, 0.3) is 5.91 Å². The molecule has 1 saturated heterocycles. The van der Waals surface area contributed by atoms with E-state index in [-0.39, 0.29) is 5.91 Å². The Morgan fingerprint density at radius 2 is 2.04 bits per heavy atom. The summed E-state index contributed by atoms with van der Waals surface area (Å²) >= 11 is 0. The van der Waals surface area contributed by atoms with Gasteiger partial charge >= 0.3 is 0 Å². The highest BCUT2D eigenvalue weighted by Gasteiger charge is 2.24. The van der Waals surface area contributed by atoms with Gasteiger partial charge in [0.2, 0.25) is 0 Å². The van der Waals surface area contributed by atoms with Gasteiger partial charge in [0.1, 0.15) is 11.6 Å². The molecule has 1 aromatic heterocycles. The number of hydrogen-bond acceptors (Lipinski definition) is 5. The van der Waals surface area contributed by atoms with Gasteiger partial charge in [-0.2, -0.15) is 0 Å². The van der Waals surface area contributed by atoms with Crippen LogP contribution in [0, 0.1) is 0 Å². The van der Waals surface area contributed by atoms with E-state index in [2.05, 4.69) is 46.3 Å². The second-order valence-electron chi connectivity index (χ2n) is 7.46. The van der Waals surface area contributed by atoms with Crippen molar-refractivity contribution in [2.75, 3.05) is 45.7 Å². The largest absolute Gasteiger partial charge is 0.497 e. The van der Waals surface area contributed by atoms with Gasteiger partial charge in [-0.05, 0) is 63.2 Å². The molecule has 6 nitrogen and oxygen atoms in total. The summed E-state index contributed by atoms with van der Waals surface area (Å²) in [7, 11) is 5.89. The minimum atomic E-state index is -0.0682. The number of methoxy groups -OCH3 is 1. The molecule has 28 heavy (non-hydrogen) atoms. The zero-order chi connectivity index (χ0) is 19.9. The first-order chi connectivity index (χ1) is 13.6. The number of aromatic nitrogens is 1. The van der Waals surface area contributed by atoms with Crippen molar-refractivity contribution in [1.29, 1.82) is 0 Å². The number of likely N-dealkylation sites (N-methyl/N-ethyl adjacent to an activating group) is 1. The van der Waals surface area contributed by atoms with Crippen molar-refractivity contribution < 1.29 is 9.53 Å². The van der Waals surface area contributed by atoms with Gasteiger partial charge in [-0.25, -0.2) is 4.98 Å². The van der Waals surface area contributed by atoms with E-state index < -0.39 is 0 Å². The first-order valence-corrected chi connectivity index (χ1v) is 9.85. The van der Waals surface area contributed by atoms with Crippen LogP contribution in [0.25, 0.3) is 0 Å². The topological polar surface area (TPSA) is 57.7 Å². The van der Waals surface area contributed by atoms with Crippen LogP contribution in [-0.2, 0) is 6.42 Å². The number of ether oxygens (including phenoxy) is 1. The number of carbonyl (C=O) groups is 1. The molecule has 0 unspecified atom stereocenters. The third kappa shape index (κ3) is 5.23. The molecule has 0 saturated carbocycles. The average Bonchev–Trinajstić information content (AvgIpc) is 3.22. The number of rotatable bonds is 8. The van der Waals surface area contributed by atoms with E-state index in [9.17, 15) is 4.79 Å². The molecule has 1 atom stereocenters. The number of pyridine rings is 1. The van der Waals surface area contributed by atoms with E-state index >= 15 is 0 Å². The minimum absolute atomic E-state index is 0.0682. The summed E-state index contributed by atoms with van der Waals surface area (Å²) in [6, 6.07) is 12.4. The average molecular weight is 383 g/mol. The van der Waals surface area contributed by atoms with Gasteiger partial charge in [0, 0.05) is 31.9 Å². The number of nitrogens with zero attached hydrogens (tertiary/aromatic N) is 3. The maximum absolute atomic E-state index is 12.3. The van der Waals surface area contributed by atoms with E-state index in [1.165, 1.54) is 5.56 Å².